The molecule has 1 N–H and O–H groups in total. The Balaban J connectivity index is 1.32. The first-order valence-electron chi connectivity index (χ1n) is 10.4. The molecule has 6 nitrogen and oxygen atoms in total. The lowest BCUT2D eigenvalue weighted by molar-refractivity contribution is -0.122. The first-order valence-corrected chi connectivity index (χ1v) is 12.5. The summed E-state index contributed by atoms with van der Waals surface area (Å²) < 4.78 is 0. The van der Waals surface area contributed by atoms with Crippen LogP contribution in [-0.2, 0) is 16.1 Å². The van der Waals surface area contributed by atoms with Gasteiger partial charge < -0.3 is 10.2 Å². The second-order valence-corrected chi connectivity index (χ2v) is 9.93. The van der Waals surface area contributed by atoms with E-state index in [9.17, 15) is 9.59 Å². The Morgan fingerprint density at radius 2 is 2.00 bits per heavy atom. The lowest BCUT2D eigenvalue weighted by Crippen LogP contribution is -2.32. The zero-order valence-corrected chi connectivity index (χ0v) is 19.1. The van der Waals surface area contributed by atoms with Crippen LogP contribution in [0.3, 0.4) is 0 Å². The van der Waals surface area contributed by atoms with Crippen molar-refractivity contribution in [3.05, 3.63) is 35.3 Å². The molecule has 4 rings (SSSR count). The molecule has 0 aliphatic carbocycles. The summed E-state index contributed by atoms with van der Waals surface area (Å²) in [5, 5.41) is 5.57. The number of anilines is 2. The van der Waals surface area contributed by atoms with Gasteiger partial charge in [-0.25, -0.2) is 4.98 Å². The van der Waals surface area contributed by atoms with Crippen molar-refractivity contribution in [2.45, 2.75) is 37.6 Å². The zero-order valence-electron chi connectivity index (χ0n) is 17.5. The number of hydrogen-bond donors (Lipinski definition) is 1. The molecule has 1 unspecified atom stereocenters. The van der Waals surface area contributed by atoms with Crippen molar-refractivity contribution < 1.29 is 9.59 Å². The van der Waals surface area contributed by atoms with Gasteiger partial charge in [-0.2, -0.15) is 0 Å². The molecular weight excluding hydrogens is 416 g/mol. The molecule has 2 aliphatic rings. The molecule has 0 spiro atoms. The van der Waals surface area contributed by atoms with Gasteiger partial charge in [0.15, 0.2) is 5.13 Å². The maximum atomic E-state index is 12.7. The second-order valence-electron chi connectivity index (χ2n) is 8.20. The van der Waals surface area contributed by atoms with Crippen molar-refractivity contribution in [1.82, 2.24) is 9.88 Å². The van der Waals surface area contributed by atoms with Crippen molar-refractivity contribution in [3.63, 3.8) is 0 Å². The second kappa shape index (κ2) is 9.49. The van der Waals surface area contributed by atoms with Gasteiger partial charge in [0.2, 0.25) is 11.8 Å². The molecule has 0 bridgehead atoms. The quantitative estimate of drug-likeness (QED) is 0.680. The van der Waals surface area contributed by atoms with Gasteiger partial charge in [0.1, 0.15) is 0 Å². The minimum absolute atomic E-state index is 0.00814. The summed E-state index contributed by atoms with van der Waals surface area (Å²) in [5.74, 6) is 0.322. The predicted octanol–water partition coefficient (Wildman–Crippen LogP) is 4.09. The monoisotopic (exact) mass is 444 g/mol. The molecule has 3 heterocycles. The number of carbonyl (C=O) groups is 2. The van der Waals surface area contributed by atoms with Crippen molar-refractivity contribution in [2.24, 2.45) is 11.8 Å². The highest BCUT2D eigenvalue weighted by Gasteiger charge is 2.35. The SMILES string of the molecule is CSc1ccc(N2CC(C(=O)Nc3nc(CN4CCC(C)CC4)cs3)CC2=O)cc1. The molecule has 1 aromatic carbocycles. The average molecular weight is 445 g/mol. The molecule has 30 heavy (non-hydrogen) atoms. The van der Waals surface area contributed by atoms with Crippen LogP contribution in [0.4, 0.5) is 10.8 Å². The Morgan fingerprint density at radius 1 is 1.27 bits per heavy atom. The van der Waals surface area contributed by atoms with Crippen LogP contribution in [0.25, 0.3) is 0 Å². The number of thiazole rings is 1. The number of likely N-dealkylation sites (tertiary alicyclic amines) is 1. The van der Waals surface area contributed by atoms with Gasteiger partial charge in [0, 0.05) is 35.5 Å². The van der Waals surface area contributed by atoms with E-state index in [1.54, 1.807) is 16.7 Å². The molecule has 2 saturated heterocycles. The summed E-state index contributed by atoms with van der Waals surface area (Å²) in [5.41, 5.74) is 1.85. The third-order valence-corrected chi connectivity index (χ3v) is 7.47. The maximum absolute atomic E-state index is 12.7. The fraction of sp³-hybridized carbons (Fsp3) is 0.500. The van der Waals surface area contributed by atoms with Crippen LogP contribution in [0.1, 0.15) is 31.9 Å². The third-order valence-electron chi connectivity index (χ3n) is 5.92. The number of thioether (sulfide) groups is 1. The van der Waals surface area contributed by atoms with Crippen LogP contribution in [0.5, 0.6) is 0 Å². The van der Waals surface area contributed by atoms with E-state index in [2.05, 4.69) is 22.1 Å². The van der Waals surface area contributed by atoms with Crippen molar-refractivity contribution >= 4 is 45.7 Å². The van der Waals surface area contributed by atoms with Gasteiger partial charge in [-0.1, -0.05) is 6.92 Å². The maximum Gasteiger partial charge on any atom is 0.231 e. The zero-order chi connectivity index (χ0) is 21.1. The summed E-state index contributed by atoms with van der Waals surface area (Å²) in [4.78, 5) is 35.1. The number of benzene rings is 1. The Labute approximate surface area is 186 Å². The average Bonchev–Trinajstić information content (AvgIpc) is 3.36. The highest BCUT2D eigenvalue weighted by molar-refractivity contribution is 7.98. The van der Waals surface area contributed by atoms with Crippen LogP contribution in [-0.4, -0.2) is 47.6 Å². The summed E-state index contributed by atoms with van der Waals surface area (Å²) in [6, 6.07) is 7.89. The summed E-state index contributed by atoms with van der Waals surface area (Å²) in [6.07, 6.45) is 4.73. The van der Waals surface area contributed by atoms with E-state index in [-0.39, 0.29) is 24.2 Å². The number of nitrogens with one attached hydrogen (secondary N) is 1. The number of hydrogen-bond acceptors (Lipinski definition) is 6. The minimum Gasteiger partial charge on any atom is -0.312 e. The van der Waals surface area contributed by atoms with E-state index in [1.165, 1.54) is 24.2 Å². The number of piperidine rings is 1. The van der Waals surface area contributed by atoms with Gasteiger partial charge in [0.05, 0.1) is 11.6 Å². The van der Waals surface area contributed by atoms with E-state index >= 15 is 0 Å². The summed E-state index contributed by atoms with van der Waals surface area (Å²) >= 11 is 3.12. The van der Waals surface area contributed by atoms with Crippen molar-refractivity contribution in [2.75, 3.05) is 36.1 Å². The number of aromatic nitrogens is 1. The van der Waals surface area contributed by atoms with Crippen LogP contribution in [0.15, 0.2) is 34.5 Å². The largest absolute Gasteiger partial charge is 0.312 e. The predicted molar refractivity (Wildman–Crippen MR) is 123 cm³/mol. The molecule has 2 fully saturated rings. The standard InChI is InChI=1S/C22H28N4O2S2/c1-15-7-9-25(10-8-15)13-17-14-30-22(23-17)24-21(28)16-11-20(27)26(12-16)18-3-5-19(29-2)6-4-18/h3-6,14-16H,7-13H2,1-2H3,(H,23,24,28). The lowest BCUT2D eigenvalue weighted by atomic mass is 9.99. The molecule has 2 aliphatic heterocycles. The van der Waals surface area contributed by atoms with E-state index in [1.807, 2.05) is 35.9 Å². The fourth-order valence-electron chi connectivity index (χ4n) is 3.99. The van der Waals surface area contributed by atoms with Gasteiger partial charge in [-0.15, -0.1) is 23.1 Å². The van der Waals surface area contributed by atoms with Gasteiger partial charge in [-0.05, 0) is 62.4 Å². The fourth-order valence-corrected chi connectivity index (χ4v) is 5.10. The highest BCUT2D eigenvalue weighted by atomic mass is 32.2. The van der Waals surface area contributed by atoms with E-state index in [4.69, 9.17) is 0 Å². The number of nitrogens with zero attached hydrogens (tertiary/aromatic N) is 3. The Hall–Kier alpha value is -1.90. The number of carbonyl (C=O) groups excluding carboxylic acids is 2. The number of rotatable bonds is 6. The molecule has 1 atom stereocenters. The molecule has 0 radical (unpaired) electrons. The van der Waals surface area contributed by atoms with Crippen molar-refractivity contribution in [1.29, 1.82) is 0 Å². The topological polar surface area (TPSA) is 65.5 Å². The third kappa shape index (κ3) is 5.04. The van der Waals surface area contributed by atoms with Crippen LogP contribution >= 0.6 is 23.1 Å². The molecule has 8 heteroatoms. The smallest absolute Gasteiger partial charge is 0.231 e. The number of amides is 2. The molecule has 160 valence electrons. The lowest BCUT2D eigenvalue weighted by Gasteiger charge is -2.29. The summed E-state index contributed by atoms with van der Waals surface area (Å²) in [6.45, 7) is 5.77. The van der Waals surface area contributed by atoms with E-state index in [0.717, 1.165) is 41.8 Å². The van der Waals surface area contributed by atoms with E-state index in [0.29, 0.717) is 11.7 Å². The normalized spacial score (nSPS) is 20.7. The van der Waals surface area contributed by atoms with Gasteiger partial charge in [-0.3, -0.25) is 14.5 Å². The Bertz CT molecular complexity index is 891. The molecule has 1 aromatic heterocycles. The first kappa shape index (κ1) is 21.3. The molecular formula is C22H28N4O2S2. The summed E-state index contributed by atoms with van der Waals surface area (Å²) in [7, 11) is 0. The minimum atomic E-state index is -0.353. The highest BCUT2D eigenvalue weighted by Crippen LogP contribution is 2.28. The van der Waals surface area contributed by atoms with Crippen LogP contribution in [0, 0.1) is 11.8 Å². The van der Waals surface area contributed by atoms with Gasteiger partial charge in [0.25, 0.3) is 0 Å². The van der Waals surface area contributed by atoms with Gasteiger partial charge >= 0.3 is 0 Å². The molecule has 0 saturated carbocycles. The van der Waals surface area contributed by atoms with E-state index < -0.39 is 0 Å². The van der Waals surface area contributed by atoms with Crippen molar-refractivity contribution in [3.8, 4) is 0 Å². The van der Waals surface area contributed by atoms with Crippen LogP contribution < -0.4 is 10.2 Å². The molecule has 2 aromatic rings. The molecule has 2 amide bonds. The Morgan fingerprint density at radius 3 is 2.70 bits per heavy atom. The van der Waals surface area contributed by atoms with Crippen LogP contribution in [0.2, 0.25) is 0 Å². The Kier molecular flexibility index (Phi) is 6.75. The first-order chi connectivity index (χ1) is 14.5.